The molecule has 0 spiro atoms. The van der Waals surface area contributed by atoms with Gasteiger partial charge in [0.25, 0.3) is 0 Å². The number of carbonyl (C=O) groups excluding carboxylic acids is 2. The maximum atomic E-state index is 13.4. The summed E-state index contributed by atoms with van der Waals surface area (Å²) >= 11 is 0. The van der Waals surface area contributed by atoms with Crippen molar-refractivity contribution in [1.82, 2.24) is 0 Å². The molecule has 0 aliphatic heterocycles. The van der Waals surface area contributed by atoms with Crippen LogP contribution in [0.4, 0.5) is 0 Å². The first kappa shape index (κ1) is 25.5. The van der Waals surface area contributed by atoms with Crippen LogP contribution in [0.3, 0.4) is 0 Å². The second-order valence-electron chi connectivity index (χ2n) is 12.9. The van der Waals surface area contributed by atoms with Crippen LogP contribution < -0.4 is 0 Å². The van der Waals surface area contributed by atoms with E-state index in [4.69, 9.17) is 4.74 Å². The number of ketones is 1. The third kappa shape index (κ3) is 4.20. The number of fused-ring (bicyclic) bond motifs is 5. The molecule has 0 amide bonds. The zero-order valence-corrected chi connectivity index (χ0v) is 22.1. The highest BCUT2D eigenvalue weighted by Crippen LogP contribution is 2.68. The number of hydrogen-bond donors (Lipinski definition) is 1. The molecular weight excluding hydrogens is 452 g/mol. The predicted octanol–water partition coefficient (Wildman–Crippen LogP) is 6.55. The van der Waals surface area contributed by atoms with Gasteiger partial charge in [-0.3, -0.25) is 9.59 Å². The summed E-state index contributed by atoms with van der Waals surface area (Å²) in [5, 5.41) is 9.32. The molecule has 5 heteroatoms. The molecule has 1 N–H and O–H groups in total. The summed E-state index contributed by atoms with van der Waals surface area (Å²) in [6.07, 6.45) is 8.36. The van der Waals surface area contributed by atoms with Crippen molar-refractivity contribution in [1.29, 1.82) is 0 Å². The number of esters is 1. The number of Topliss-reactive ketones (excluding diaryl/α,β-unsaturated/α-hetero) is 1. The summed E-state index contributed by atoms with van der Waals surface area (Å²) < 4.78 is 6.47. The zero-order valence-electron chi connectivity index (χ0n) is 22.1. The van der Waals surface area contributed by atoms with Crippen LogP contribution in [-0.2, 0) is 14.3 Å². The first-order valence-corrected chi connectivity index (χ1v) is 14.1. The van der Waals surface area contributed by atoms with Gasteiger partial charge in [-0.2, -0.15) is 0 Å². The molecular formula is C31H42O5. The van der Waals surface area contributed by atoms with Crippen LogP contribution >= 0.6 is 0 Å². The minimum Gasteiger partial charge on any atom is -0.481 e. The number of ether oxygens (including phenoxy) is 1. The van der Waals surface area contributed by atoms with E-state index in [1.807, 2.05) is 30.3 Å². The molecule has 5 nitrogen and oxygen atoms in total. The smallest absolute Gasteiger partial charge is 0.338 e. The fourth-order valence-corrected chi connectivity index (χ4v) is 9.44. The average Bonchev–Trinajstić information content (AvgIpc) is 3.22. The number of carboxylic acids is 1. The summed E-state index contributed by atoms with van der Waals surface area (Å²) in [5.41, 5.74) is 0.559. The molecule has 0 unspecified atom stereocenters. The van der Waals surface area contributed by atoms with Crippen LogP contribution in [0.5, 0.6) is 0 Å². The van der Waals surface area contributed by atoms with Gasteiger partial charge in [0.15, 0.2) is 0 Å². The summed E-state index contributed by atoms with van der Waals surface area (Å²) in [6.45, 7) is 6.97. The molecule has 0 radical (unpaired) electrons. The minimum atomic E-state index is -0.740. The van der Waals surface area contributed by atoms with Crippen LogP contribution in [0.1, 0.15) is 95.3 Å². The molecule has 1 aromatic carbocycles. The van der Waals surface area contributed by atoms with Gasteiger partial charge in [0.05, 0.1) is 5.56 Å². The van der Waals surface area contributed by atoms with Crippen LogP contribution in [0.2, 0.25) is 0 Å². The quantitative estimate of drug-likeness (QED) is 0.454. The fourth-order valence-electron chi connectivity index (χ4n) is 9.44. The van der Waals surface area contributed by atoms with E-state index < -0.39 is 5.97 Å². The van der Waals surface area contributed by atoms with Crippen molar-refractivity contribution in [2.75, 3.05) is 0 Å². The molecule has 1 aromatic rings. The standard InChI is InChI=1S/C31H42O5/c1-19(9-14-28(33)34)24-12-13-25-23-11-10-21-17-22(32)15-16-30(21,2)26(23)18-27(31(24,25)3)36-29(35)20-7-5-4-6-8-20/h4-8,19,21,23-27H,9-18H2,1-3H3,(H,33,34)/t19-,21-,23+,24+,25-,26+,27+,30+,31-/m1/s1. The lowest BCUT2D eigenvalue weighted by molar-refractivity contribution is -0.172. The van der Waals surface area contributed by atoms with Gasteiger partial charge in [0.1, 0.15) is 11.9 Å². The van der Waals surface area contributed by atoms with Gasteiger partial charge >= 0.3 is 11.9 Å². The third-order valence-electron chi connectivity index (χ3n) is 11.4. The lowest BCUT2D eigenvalue weighted by Crippen LogP contribution is -2.59. The van der Waals surface area contributed by atoms with Gasteiger partial charge in [-0.05, 0) is 98.0 Å². The Morgan fingerprint density at radius 3 is 2.56 bits per heavy atom. The number of rotatable bonds is 6. The Morgan fingerprint density at radius 1 is 1.08 bits per heavy atom. The van der Waals surface area contributed by atoms with Crippen LogP contribution in [0.15, 0.2) is 30.3 Å². The number of benzene rings is 1. The number of carboxylic acid groups (broad SMARTS) is 1. The predicted molar refractivity (Wildman–Crippen MR) is 137 cm³/mol. The van der Waals surface area contributed by atoms with Gasteiger partial charge in [0.2, 0.25) is 0 Å². The van der Waals surface area contributed by atoms with E-state index in [9.17, 15) is 19.5 Å². The van der Waals surface area contributed by atoms with Gasteiger partial charge in [-0.15, -0.1) is 0 Å². The van der Waals surface area contributed by atoms with Crippen LogP contribution in [0, 0.1) is 46.3 Å². The molecule has 0 heterocycles. The molecule has 196 valence electrons. The maximum Gasteiger partial charge on any atom is 0.338 e. The van der Waals surface area contributed by atoms with E-state index >= 15 is 0 Å². The number of hydrogen-bond acceptors (Lipinski definition) is 4. The summed E-state index contributed by atoms with van der Waals surface area (Å²) in [7, 11) is 0. The largest absolute Gasteiger partial charge is 0.481 e. The molecule has 0 saturated heterocycles. The Balaban J connectivity index is 1.48. The molecule has 0 bridgehead atoms. The van der Waals surface area contributed by atoms with Gasteiger partial charge < -0.3 is 9.84 Å². The van der Waals surface area contributed by atoms with Gasteiger partial charge in [-0.1, -0.05) is 39.0 Å². The Labute approximate surface area is 215 Å². The molecule has 0 aromatic heterocycles. The molecule has 4 aliphatic carbocycles. The Kier molecular flexibility index (Phi) is 6.80. The van der Waals surface area contributed by atoms with Crippen molar-refractivity contribution in [3.8, 4) is 0 Å². The summed E-state index contributed by atoms with van der Waals surface area (Å²) in [6, 6.07) is 9.29. The molecule has 4 saturated carbocycles. The molecule has 36 heavy (non-hydrogen) atoms. The Morgan fingerprint density at radius 2 is 1.83 bits per heavy atom. The van der Waals surface area contributed by atoms with E-state index in [0.717, 1.165) is 38.5 Å². The zero-order chi connectivity index (χ0) is 25.7. The molecule has 5 rings (SSSR count). The lowest BCUT2D eigenvalue weighted by atomic mass is 9.43. The Bertz CT molecular complexity index is 1000. The van der Waals surface area contributed by atoms with Crippen molar-refractivity contribution in [3.63, 3.8) is 0 Å². The van der Waals surface area contributed by atoms with Crippen molar-refractivity contribution in [2.24, 2.45) is 46.3 Å². The highest BCUT2D eigenvalue weighted by molar-refractivity contribution is 5.89. The lowest BCUT2D eigenvalue weighted by Gasteiger charge is -2.62. The summed E-state index contributed by atoms with van der Waals surface area (Å²) in [5.74, 6) is 2.00. The van der Waals surface area contributed by atoms with Crippen molar-refractivity contribution < 1.29 is 24.2 Å². The third-order valence-corrected chi connectivity index (χ3v) is 11.4. The SMILES string of the molecule is C[C@H](CCC(=O)O)[C@@H]1CC[C@@H]2[C@@H]3CC[C@@H]4CC(=O)CC[C@]4(C)[C@H]3C[C@H](OC(=O)c3ccccc3)[C@@]21C. The monoisotopic (exact) mass is 494 g/mol. The second kappa shape index (κ2) is 9.61. The fraction of sp³-hybridized carbons (Fsp3) is 0.710. The van der Waals surface area contributed by atoms with Crippen molar-refractivity contribution in [2.45, 2.75) is 91.1 Å². The first-order valence-electron chi connectivity index (χ1n) is 14.1. The second-order valence-corrected chi connectivity index (χ2v) is 12.9. The first-order chi connectivity index (χ1) is 17.1. The van der Waals surface area contributed by atoms with Crippen molar-refractivity contribution in [3.05, 3.63) is 35.9 Å². The number of aliphatic carboxylic acids is 1. The normalized spacial score (nSPS) is 40.5. The van der Waals surface area contributed by atoms with Crippen LogP contribution in [0.25, 0.3) is 0 Å². The average molecular weight is 495 g/mol. The molecule has 4 fully saturated rings. The van der Waals surface area contributed by atoms with E-state index in [0.29, 0.717) is 60.2 Å². The summed E-state index contributed by atoms with van der Waals surface area (Å²) in [4.78, 5) is 37.0. The topological polar surface area (TPSA) is 80.7 Å². The number of carbonyl (C=O) groups is 3. The van der Waals surface area contributed by atoms with Gasteiger partial charge in [-0.25, -0.2) is 4.79 Å². The Hall–Kier alpha value is -2.17. The highest BCUT2D eigenvalue weighted by Gasteiger charge is 2.65. The van der Waals surface area contributed by atoms with Crippen molar-refractivity contribution >= 4 is 17.7 Å². The van der Waals surface area contributed by atoms with E-state index in [1.54, 1.807) is 0 Å². The molecule has 4 aliphatic rings. The van der Waals surface area contributed by atoms with Gasteiger partial charge in [0, 0.05) is 24.7 Å². The van der Waals surface area contributed by atoms with Crippen LogP contribution in [-0.4, -0.2) is 28.9 Å². The maximum absolute atomic E-state index is 13.4. The van der Waals surface area contributed by atoms with E-state index in [1.165, 1.54) is 0 Å². The highest BCUT2D eigenvalue weighted by atomic mass is 16.5. The van der Waals surface area contributed by atoms with E-state index in [2.05, 4.69) is 20.8 Å². The minimum absolute atomic E-state index is 0.128. The molecule has 9 atom stereocenters. The van der Waals surface area contributed by atoms with E-state index in [-0.39, 0.29) is 35.2 Å².